The van der Waals surface area contributed by atoms with Crippen LogP contribution in [0, 0.1) is 5.92 Å². The number of aliphatic hydroxyl groups is 1. The highest BCUT2D eigenvalue weighted by atomic mass is 35.5. The average Bonchev–Trinajstić information content (AvgIpc) is 2.72. The highest BCUT2D eigenvalue weighted by Gasteiger charge is 2.26. The lowest BCUT2D eigenvalue weighted by Crippen LogP contribution is -2.26. The van der Waals surface area contributed by atoms with E-state index in [9.17, 15) is 5.11 Å². The Morgan fingerprint density at radius 3 is 3.00 bits per heavy atom. The molecule has 1 aromatic carbocycles. The van der Waals surface area contributed by atoms with Gasteiger partial charge in [0, 0.05) is 18.6 Å². The van der Waals surface area contributed by atoms with Crippen molar-refractivity contribution in [3.63, 3.8) is 0 Å². The Kier molecular flexibility index (Phi) is 3.56. The van der Waals surface area contributed by atoms with Crippen LogP contribution < -0.4 is 11.1 Å². The fraction of sp³-hybridized carbons (Fsp3) is 0.500. The average molecular weight is 241 g/mol. The molecular weight excluding hydrogens is 224 g/mol. The van der Waals surface area contributed by atoms with Gasteiger partial charge in [0.1, 0.15) is 0 Å². The van der Waals surface area contributed by atoms with Crippen LogP contribution >= 0.6 is 11.6 Å². The maximum Gasteiger partial charge on any atom is 0.0739 e. The molecule has 1 aromatic rings. The number of nitrogens with two attached hydrogens (primary N) is 1. The van der Waals surface area contributed by atoms with Crippen LogP contribution in [0.15, 0.2) is 18.2 Å². The minimum absolute atomic E-state index is 0.234. The first-order chi connectivity index (χ1) is 7.72. The first kappa shape index (κ1) is 11.6. The van der Waals surface area contributed by atoms with Crippen molar-refractivity contribution in [3.05, 3.63) is 23.2 Å². The van der Waals surface area contributed by atoms with Gasteiger partial charge in [-0.3, -0.25) is 0 Å². The summed E-state index contributed by atoms with van der Waals surface area (Å²) in [6, 6.07) is 5.89. The molecule has 4 N–H and O–H groups in total. The number of benzene rings is 1. The van der Waals surface area contributed by atoms with Crippen molar-refractivity contribution >= 4 is 23.0 Å². The van der Waals surface area contributed by atoms with Crippen LogP contribution in [0.25, 0.3) is 0 Å². The van der Waals surface area contributed by atoms with E-state index in [2.05, 4.69) is 5.32 Å². The van der Waals surface area contributed by atoms with Gasteiger partial charge >= 0.3 is 0 Å². The molecule has 0 radical (unpaired) electrons. The summed E-state index contributed by atoms with van der Waals surface area (Å²) in [5, 5.41) is 13.2. The van der Waals surface area contributed by atoms with E-state index >= 15 is 0 Å². The third-order valence-corrected chi connectivity index (χ3v) is 3.62. The minimum Gasteiger partial charge on any atom is -0.396 e. The zero-order valence-corrected chi connectivity index (χ0v) is 9.87. The van der Waals surface area contributed by atoms with Crippen molar-refractivity contribution in [1.82, 2.24) is 0 Å². The van der Waals surface area contributed by atoms with Crippen LogP contribution in [-0.2, 0) is 0 Å². The number of aliphatic hydroxyl groups excluding tert-OH is 1. The van der Waals surface area contributed by atoms with Gasteiger partial charge in [-0.05, 0) is 25.0 Å². The number of nitrogen functional groups attached to an aromatic ring is 1. The molecule has 0 aromatic heterocycles. The Labute approximate surface area is 101 Å². The number of rotatable bonds is 3. The fourth-order valence-corrected chi connectivity index (χ4v) is 2.48. The molecule has 2 atom stereocenters. The van der Waals surface area contributed by atoms with Crippen molar-refractivity contribution in [3.8, 4) is 0 Å². The van der Waals surface area contributed by atoms with Gasteiger partial charge in [-0.15, -0.1) is 0 Å². The smallest absolute Gasteiger partial charge is 0.0739 e. The molecule has 4 heteroatoms. The molecule has 2 rings (SSSR count). The monoisotopic (exact) mass is 240 g/mol. The molecule has 1 aliphatic rings. The summed E-state index contributed by atoms with van der Waals surface area (Å²) >= 11 is 5.96. The molecule has 0 heterocycles. The molecule has 0 spiro atoms. The zero-order chi connectivity index (χ0) is 11.5. The summed E-state index contributed by atoms with van der Waals surface area (Å²) in [5.74, 6) is 0.332. The van der Waals surface area contributed by atoms with E-state index in [1.165, 1.54) is 0 Å². The third-order valence-electron chi connectivity index (χ3n) is 3.29. The second-order valence-electron chi connectivity index (χ2n) is 4.33. The second-order valence-corrected chi connectivity index (χ2v) is 4.73. The van der Waals surface area contributed by atoms with Crippen LogP contribution in [0.2, 0.25) is 5.02 Å². The van der Waals surface area contributed by atoms with Gasteiger partial charge in [0.2, 0.25) is 0 Å². The molecule has 1 aliphatic carbocycles. The SMILES string of the molecule is Nc1c(Cl)cccc1NC1CCCC1CO. The van der Waals surface area contributed by atoms with Gasteiger partial charge in [0.05, 0.1) is 16.4 Å². The number of para-hydroxylation sites is 1. The molecule has 0 amide bonds. The van der Waals surface area contributed by atoms with Crippen LogP contribution in [0.3, 0.4) is 0 Å². The Hall–Kier alpha value is -0.930. The standard InChI is InChI=1S/C12H17ClN2O/c13-9-4-2-6-11(12(9)14)15-10-5-1-3-8(10)7-16/h2,4,6,8,10,15-16H,1,3,5,7,14H2. The van der Waals surface area contributed by atoms with Gasteiger partial charge in [0.15, 0.2) is 0 Å². The third kappa shape index (κ3) is 2.25. The van der Waals surface area contributed by atoms with Gasteiger partial charge in [0.25, 0.3) is 0 Å². The highest BCUT2D eigenvalue weighted by Crippen LogP contribution is 2.32. The Morgan fingerprint density at radius 1 is 1.44 bits per heavy atom. The molecule has 0 bridgehead atoms. The molecule has 16 heavy (non-hydrogen) atoms. The first-order valence-corrected chi connectivity index (χ1v) is 6.01. The van der Waals surface area contributed by atoms with Crippen molar-refractivity contribution in [2.75, 3.05) is 17.7 Å². The number of nitrogens with one attached hydrogen (secondary N) is 1. The van der Waals surface area contributed by atoms with Crippen LogP contribution in [0.4, 0.5) is 11.4 Å². The summed E-state index contributed by atoms with van der Waals surface area (Å²) < 4.78 is 0. The normalized spacial score (nSPS) is 24.6. The van der Waals surface area contributed by atoms with Crippen molar-refractivity contribution < 1.29 is 5.11 Å². The summed E-state index contributed by atoms with van der Waals surface area (Å²) in [7, 11) is 0. The quantitative estimate of drug-likeness (QED) is 0.712. The molecule has 1 saturated carbocycles. The highest BCUT2D eigenvalue weighted by molar-refractivity contribution is 6.33. The second kappa shape index (κ2) is 4.93. The van der Waals surface area contributed by atoms with Crippen LogP contribution in [0.1, 0.15) is 19.3 Å². The number of anilines is 2. The van der Waals surface area contributed by atoms with Gasteiger partial charge in [-0.1, -0.05) is 24.1 Å². The number of halogens is 1. The van der Waals surface area contributed by atoms with E-state index < -0.39 is 0 Å². The maximum absolute atomic E-state index is 9.24. The summed E-state index contributed by atoms with van der Waals surface area (Å²) in [5.41, 5.74) is 7.35. The van der Waals surface area contributed by atoms with E-state index in [0.29, 0.717) is 22.7 Å². The van der Waals surface area contributed by atoms with E-state index in [-0.39, 0.29) is 6.61 Å². The largest absolute Gasteiger partial charge is 0.396 e. The van der Waals surface area contributed by atoms with E-state index in [1.807, 2.05) is 12.1 Å². The van der Waals surface area contributed by atoms with E-state index in [4.69, 9.17) is 17.3 Å². The first-order valence-electron chi connectivity index (χ1n) is 5.63. The Morgan fingerprint density at radius 2 is 2.25 bits per heavy atom. The molecule has 2 unspecified atom stereocenters. The molecule has 1 fully saturated rings. The lowest BCUT2D eigenvalue weighted by Gasteiger charge is -2.21. The maximum atomic E-state index is 9.24. The summed E-state index contributed by atoms with van der Waals surface area (Å²) in [4.78, 5) is 0. The zero-order valence-electron chi connectivity index (χ0n) is 9.12. The van der Waals surface area contributed by atoms with Gasteiger partial charge < -0.3 is 16.2 Å². The fourth-order valence-electron chi connectivity index (χ4n) is 2.31. The van der Waals surface area contributed by atoms with E-state index in [0.717, 1.165) is 24.9 Å². The van der Waals surface area contributed by atoms with Crippen LogP contribution in [0.5, 0.6) is 0 Å². The summed E-state index contributed by atoms with van der Waals surface area (Å²) in [6.07, 6.45) is 3.31. The Balaban J connectivity index is 2.11. The minimum atomic E-state index is 0.234. The molecule has 0 aliphatic heterocycles. The molecule has 0 saturated heterocycles. The van der Waals surface area contributed by atoms with Crippen molar-refractivity contribution in [2.24, 2.45) is 5.92 Å². The number of hydrogen-bond acceptors (Lipinski definition) is 3. The topological polar surface area (TPSA) is 58.3 Å². The summed E-state index contributed by atoms with van der Waals surface area (Å²) in [6.45, 7) is 0.234. The number of hydrogen-bond donors (Lipinski definition) is 3. The van der Waals surface area contributed by atoms with Crippen LogP contribution in [-0.4, -0.2) is 17.8 Å². The predicted octanol–water partition coefficient (Wildman–Crippen LogP) is 2.50. The van der Waals surface area contributed by atoms with Crippen molar-refractivity contribution in [1.29, 1.82) is 0 Å². The lowest BCUT2D eigenvalue weighted by molar-refractivity contribution is 0.222. The van der Waals surface area contributed by atoms with Gasteiger partial charge in [-0.2, -0.15) is 0 Å². The Bertz CT molecular complexity index is 370. The van der Waals surface area contributed by atoms with E-state index in [1.54, 1.807) is 6.07 Å². The predicted molar refractivity (Wildman–Crippen MR) is 67.7 cm³/mol. The van der Waals surface area contributed by atoms with Gasteiger partial charge in [-0.25, -0.2) is 0 Å². The molecular formula is C12H17ClN2O. The molecule has 3 nitrogen and oxygen atoms in total. The lowest BCUT2D eigenvalue weighted by atomic mass is 10.0. The molecule has 88 valence electrons. The van der Waals surface area contributed by atoms with Crippen molar-refractivity contribution in [2.45, 2.75) is 25.3 Å².